The molecule has 0 spiro atoms. The molecule has 0 fully saturated rings. The van der Waals surface area contributed by atoms with Crippen molar-refractivity contribution >= 4 is 33.6 Å². The van der Waals surface area contributed by atoms with E-state index in [9.17, 15) is 4.79 Å². The standard InChI is InChI=1S/C11H13BrN4O2/c1-11(2,3)18-10(17)15-8-7(12)14-9-13-5-4-6-16(8)9/h4-6H,1-3H3,(H,15,17). The highest BCUT2D eigenvalue weighted by atomic mass is 79.9. The van der Waals surface area contributed by atoms with Crippen LogP contribution in [0, 0.1) is 0 Å². The van der Waals surface area contributed by atoms with Crippen LogP contribution >= 0.6 is 15.9 Å². The summed E-state index contributed by atoms with van der Waals surface area (Å²) in [4.78, 5) is 19.9. The SMILES string of the molecule is CC(C)(C)OC(=O)Nc1c(Br)nc2ncccn12. The van der Waals surface area contributed by atoms with Gasteiger partial charge in [-0.15, -0.1) is 0 Å². The molecule has 1 N–H and O–H groups in total. The monoisotopic (exact) mass is 312 g/mol. The summed E-state index contributed by atoms with van der Waals surface area (Å²) in [5.74, 6) is 0.989. The van der Waals surface area contributed by atoms with Gasteiger partial charge in [0.25, 0.3) is 0 Å². The molecule has 0 aliphatic heterocycles. The highest BCUT2D eigenvalue weighted by Crippen LogP contribution is 2.23. The quantitative estimate of drug-likeness (QED) is 0.879. The van der Waals surface area contributed by atoms with Gasteiger partial charge in [0.15, 0.2) is 10.4 Å². The van der Waals surface area contributed by atoms with E-state index in [0.717, 1.165) is 0 Å². The van der Waals surface area contributed by atoms with Crippen molar-refractivity contribution in [3.63, 3.8) is 0 Å². The van der Waals surface area contributed by atoms with Gasteiger partial charge in [0.1, 0.15) is 5.60 Å². The minimum atomic E-state index is -0.546. The average Bonchev–Trinajstić information content (AvgIpc) is 2.53. The van der Waals surface area contributed by atoms with Crippen molar-refractivity contribution in [2.45, 2.75) is 26.4 Å². The molecule has 7 heteroatoms. The van der Waals surface area contributed by atoms with Crippen LogP contribution in [0.2, 0.25) is 0 Å². The number of imidazole rings is 1. The Morgan fingerprint density at radius 2 is 2.22 bits per heavy atom. The van der Waals surface area contributed by atoms with Crippen molar-refractivity contribution in [3.8, 4) is 0 Å². The molecule has 0 unspecified atom stereocenters. The minimum Gasteiger partial charge on any atom is -0.444 e. The molecule has 2 heterocycles. The largest absolute Gasteiger partial charge is 0.444 e. The van der Waals surface area contributed by atoms with Crippen LogP contribution in [0.4, 0.5) is 10.6 Å². The van der Waals surface area contributed by atoms with Crippen LogP contribution < -0.4 is 5.32 Å². The zero-order valence-corrected chi connectivity index (χ0v) is 11.9. The molecule has 0 aliphatic rings. The summed E-state index contributed by atoms with van der Waals surface area (Å²) in [5, 5.41) is 2.64. The van der Waals surface area contributed by atoms with Gasteiger partial charge in [-0.3, -0.25) is 9.72 Å². The number of carbonyl (C=O) groups is 1. The second-order valence-corrected chi connectivity index (χ2v) is 5.42. The van der Waals surface area contributed by atoms with Crippen LogP contribution in [0.25, 0.3) is 5.78 Å². The van der Waals surface area contributed by atoms with Gasteiger partial charge in [-0.1, -0.05) is 0 Å². The predicted octanol–water partition coefficient (Wildman–Crippen LogP) is 2.84. The highest BCUT2D eigenvalue weighted by molar-refractivity contribution is 9.10. The number of fused-ring (bicyclic) bond motifs is 1. The average molecular weight is 313 g/mol. The molecule has 0 aliphatic carbocycles. The molecule has 2 rings (SSSR count). The Kier molecular flexibility index (Phi) is 3.25. The molecule has 2 aromatic heterocycles. The van der Waals surface area contributed by atoms with E-state index in [1.165, 1.54) is 0 Å². The molecule has 0 radical (unpaired) electrons. The van der Waals surface area contributed by atoms with E-state index in [4.69, 9.17) is 4.74 Å². The predicted molar refractivity (Wildman–Crippen MR) is 70.5 cm³/mol. The van der Waals surface area contributed by atoms with Crippen LogP contribution in [-0.2, 0) is 4.74 Å². The number of ether oxygens (including phenoxy) is 1. The van der Waals surface area contributed by atoms with Crippen molar-refractivity contribution < 1.29 is 9.53 Å². The Morgan fingerprint density at radius 1 is 1.50 bits per heavy atom. The normalized spacial score (nSPS) is 11.6. The second-order valence-electron chi connectivity index (χ2n) is 4.67. The van der Waals surface area contributed by atoms with Gasteiger partial charge in [-0.25, -0.2) is 14.8 Å². The number of amides is 1. The van der Waals surface area contributed by atoms with Gasteiger partial charge < -0.3 is 4.74 Å². The first-order valence-electron chi connectivity index (χ1n) is 5.35. The van der Waals surface area contributed by atoms with Crippen LogP contribution in [-0.4, -0.2) is 26.1 Å². The van der Waals surface area contributed by atoms with Gasteiger partial charge in [0, 0.05) is 12.4 Å². The van der Waals surface area contributed by atoms with Crippen molar-refractivity contribution in [2.75, 3.05) is 5.32 Å². The van der Waals surface area contributed by atoms with Gasteiger partial charge in [0.05, 0.1) is 0 Å². The summed E-state index contributed by atoms with van der Waals surface area (Å²) in [7, 11) is 0. The first-order chi connectivity index (χ1) is 8.37. The van der Waals surface area contributed by atoms with Gasteiger partial charge in [-0.2, -0.15) is 0 Å². The lowest BCUT2D eigenvalue weighted by molar-refractivity contribution is 0.0635. The fourth-order valence-electron chi connectivity index (χ4n) is 1.37. The first kappa shape index (κ1) is 12.8. The third-order valence-electron chi connectivity index (χ3n) is 1.98. The van der Waals surface area contributed by atoms with Crippen LogP contribution in [0.15, 0.2) is 23.1 Å². The number of aromatic nitrogens is 3. The summed E-state index contributed by atoms with van der Waals surface area (Å²) < 4.78 is 7.35. The summed E-state index contributed by atoms with van der Waals surface area (Å²) in [5.41, 5.74) is -0.546. The maximum atomic E-state index is 11.7. The Bertz CT molecular complexity index is 588. The number of hydrogen-bond donors (Lipinski definition) is 1. The Balaban J connectivity index is 2.27. The van der Waals surface area contributed by atoms with Crippen LogP contribution in [0.1, 0.15) is 20.8 Å². The molecule has 0 aromatic carbocycles. The molecular weight excluding hydrogens is 300 g/mol. The Morgan fingerprint density at radius 3 is 2.89 bits per heavy atom. The maximum absolute atomic E-state index is 11.7. The zero-order valence-electron chi connectivity index (χ0n) is 10.3. The van der Waals surface area contributed by atoms with Crippen LogP contribution in [0.5, 0.6) is 0 Å². The van der Waals surface area contributed by atoms with E-state index >= 15 is 0 Å². The maximum Gasteiger partial charge on any atom is 0.413 e. The van der Waals surface area contributed by atoms with E-state index in [2.05, 4.69) is 31.2 Å². The van der Waals surface area contributed by atoms with Gasteiger partial charge >= 0.3 is 6.09 Å². The highest BCUT2D eigenvalue weighted by Gasteiger charge is 2.19. The van der Waals surface area contributed by atoms with Crippen molar-refractivity contribution in [2.24, 2.45) is 0 Å². The lowest BCUT2D eigenvalue weighted by Gasteiger charge is -2.19. The number of halogens is 1. The molecule has 0 atom stereocenters. The Labute approximate surface area is 113 Å². The summed E-state index contributed by atoms with van der Waals surface area (Å²) in [6, 6.07) is 1.75. The number of carbonyl (C=O) groups excluding carboxylic acids is 1. The van der Waals surface area contributed by atoms with E-state index < -0.39 is 11.7 Å². The molecule has 0 saturated carbocycles. The third kappa shape index (κ3) is 2.79. The van der Waals surface area contributed by atoms with E-state index in [1.54, 1.807) is 43.6 Å². The van der Waals surface area contributed by atoms with E-state index in [0.29, 0.717) is 16.2 Å². The molecule has 0 saturated heterocycles. The molecule has 18 heavy (non-hydrogen) atoms. The molecular formula is C11H13BrN4O2. The van der Waals surface area contributed by atoms with Gasteiger partial charge in [-0.05, 0) is 42.8 Å². The minimum absolute atomic E-state index is 0.493. The Hall–Kier alpha value is -1.63. The third-order valence-corrected chi connectivity index (χ3v) is 2.53. The first-order valence-corrected chi connectivity index (χ1v) is 6.15. The van der Waals surface area contributed by atoms with Crippen molar-refractivity contribution in [3.05, 3.63) is 23.1 Å². The molecule has 96 valence electrons. The van der Waals surface area contributed by atoms with Crippen molar-refractivity contribution in [1.82, 2.24) is 14.4 Å². The number of rotatable bonds is 1. The number of hydrogen-bond acceptors (Lipinski definition) is 4. The lowest BCUT2D eigenvalue weighted by Crippen LogP contribution is -2.27. The number of anilines is 1. The molecule has 1 amide bonds. The molecule has 0 bridgehead atoms. The fraction of sp³-hybridized carbons (Fsp3) is 0.364. The van der Waals surface area contributed by atoms with E-state index in [-0.39, 0.29) is 0 Å². The fourth-order valence-corrected chi connectivity index (χ4v) is 1.82. The second kappa shape index (κ2) is 4.56. The van der Waals surface area contributed by atoms with Gasteiger partial charge in [0.2, 0.25) is 5.78 Å². The summed E-state index contributed by atoms with van der Waals surface area (Å²) in [6.07, 6.45) is 2.85. The number of nitrogens with zero attached hydrogens (tertiary/aromatic N) is 3. The van der Waals surface area contributed by atoms with Crippen LogP contribution in [0.3, 0.4) is 0 Å². The summed E-state index contributed by atoms with van der Waals surface area (Å²) in [6.45, 7) is 5.41. The van der Waals surface area contributed by atoms with E-state index in [1.807, 2.05) is 0 Å². The smallest absolute Gasteiger partial charge is 0.413 e. The van der Waals surface area contributed by atoms with Crippen molar-refractivity contribution in [1.29, 1.82) is 0 Å². The topological polar surface area (TPSA) is 68.5 Å². The molecule has 6 nitrogen and oxygen atoms in total. The number of nitrogens with one attached hydrogen (secondary N) is 1. The molecule has 2 aromatic rings. The summed E-state index contributed by atoms with van der Waals surface area (Å²) >= 11 is 3.28. The lowest BCUT2D eigenvalue weighted by atomic mass is 10.2. The zero-order chi connectivity index (χ0) is 13.3.